The highest BCUT2D eigenvalue weighted by molar-refractivity contribution is 5.12. The molecule has 0 aliphatic rings. The van der Waals surface area contributed by atoms with E-state index in [0.717, 1.165) is 36.7 Å². The van der Waals surface area contributed by atoms with Crippen LogP contribution in [0, 0.1) is 0 Å². The molecule has 0 atom stereocenters. The van der Waals surface area contributed by atoms with Crippen LogP contribution < -0.4 is 5.32 Å². The topological polar surface area (TPSA) is 42.7 Å². The highest BCUT2D eigenvalue weighted by Gasteiger charge is 2.02. The first-order chi connectivity index (χ1) is 8.33. The molecule has 1 N–H and O–H groups in total. The second-order valence-electron chi connectivity index (χ2n) is 3.98. The van der Waals surface area contributed by atoms with Gasteiger partial charge in [-0.2, -0.15) is 0 Å². The number of pyridine rings is 1. The van der Waals surface area contributed by atoms with Gasteiger partial charge in [0.1, 0.15) is 5.82 Å². The Morgan fingerprint density at radius 1 is 1.29 bits per heavy atom. The summed E-state index contributed by atoms with van der Waals surface area (Å²) in [6, 6.07) is 6.14. The Labute approximate surface area is 102 Å². The molecule has 0 saturated heterocycles. The van der Waals surface area contributed by atoms with Crippen LogP contribution in [0.2, 0.25) is 0 Å². The lowest BCUT2D eigenvalue weighted by Crippen LogP contribution is -2.10. The molecule has 0 bridgehead atoms. The minimum atomic E-state index is 0.792. The Morgan fingerprint density at radius 2 is 2.12 bits per heavy atom. The summed E-state index contributed by atoms with van der Waals surface area (Å²) in [6.45, 7) is 3.71. The van der Waals surface area contributed by atoms with Crippen LogP contribution in [0.3, 0.4) is 0 Å². The maximum atomic E-state index is 4.60. The number of nitrogens with zero attached hydrogens (tertiary/aromatic N) is 3. The molecular weight excluding hydrogens is 212 g/mol. The molecule has 4 nitrogen and oxygen atoms in total. The quantitative estimate of drug-likeness (QED) is 0.848. The van der Waals surface area contributed by atoms with Crippen LogP contribution in [0.15, 0.2) is 30.6 Å². The molecular formula is C13H18N4. The van der Waals surface area contributed by atoms with E-state index in [1.54, 1.807) is 0 Å². The summed E-state index contributed by atoms with van der Waals surface area (Å²) in [5.74, 6) is 1.10. The van der Waals surface area contributed by atoms with Crippen LogP contribution in [0.1, 0.15) is 24.1 Å². The van der Waals surface area contributed by atoms with Crippen LogP contribution in [0.25, 0.3) is 0 Å². The number of imidazole rings is 1. The third kappa shape index (κ3) is 2.91. The molecule has 0 radical (unpaired) electrons. The first-order valence-corrected chi connectivity index (χ1v) is 5.93. The molecule has 2 heterocycles. The van der Waals surface area contributed by atoms with Gasteiger partial charge in [0.25, 0.3) is 0 Å². The van der Waals surface area contributed by atoms with Crippen molar-refractivity contribution in [2.45, 2.75) is 26.4 Å². The predicted octanol–water partition coefficient (Wildman–Crippen LogP) is 1.61. The van der Waals surface area contributed by atoms with E-state index < -0.39 is 0 Å². The second kappa shape index (κ2) is 5.59. The zero-order valence-electron chi connectivity index (χ0n) is 10.3. The van der Waals surface area contributed by atoms with Crippen molar-refractivity contribution in [1.29, 1.82) is 0 Å². The van der Waals surface area contributed by atoms with E-state index in [9.17, 15) is 0 Å². The Kier molecular flexibility index (Phi) is 3.88. The van der Waals surface area contributed by atoms with Crippen LogP contribution in [0.5, 0.6) is 0 Å². The van der Waals surface area contributed by atoms with E-state index in [2.05, 4.69) is 38.9 Å². The van der Waals surface area contributed by atoms with Gasteiger partial charge in [0.15, 0.2) is 0 Å². The molecule has 2 aromatic rings. The minimum absolute atomic E-state index is 0.792. The Balaban J connectivity index is 2.15. The molecule has 0 aliphatic carbocycles. The fraction of sp³-hybridized carbons (Fsp3) is 0.385. The zero-order valence-corrected chi connectivity index (χ0v) is 10.3. The van der Waals surface area contributed by atoms with Crippen molar-refractivity contribution in [2.75, 3.05) is 7.05 Å². The van der Waals surface area contributed by atoms with E-state index in [1.807, 2.05) is 25.5 Å². The summed E-state index contributed by atoms with van der Waals surface area (Å²) in [6.07, 6.45) is 4.80. The van der Waals surface area contributed by atoms with E-state index in [-0.39, 0.29) is 0 Å². The van der Waals surface area contributed by atoms with Gasteiger partial charge in [-0.15, -0.1) is 0 Å². The lowest BCUT2D eigenvalue weighted by Gasteiger charge is -2.07. The number of aryl methyl sites for hydroxylation is 1. The highest BCUT2D eigenvalue weighted by atomic mass is 15.1. The Hall–Kier alpha value is -1.68. The number of aromatic nitrogens is 3. The van der Waals surface area contributed by atoms with Gasteiger partial charge in [0.05, 0.1) is 17.9 Å². The third-order valence-electron chi connectivity index (χ3n) is 2.67. The monoisotopic (exact) mass is 230 g/mol. The average Bonchev–Trinajstić information content (AvgIpc) is 2.77. The summed E-state index contributed by atoms with van der Waals surface area (Å²) in [4.78, 5) is 8.91. The second-order valence-corrected chi connectivity index (χ2v) is 3.98. The van der Waals surface area contributed by atoms with Crippen LogP contribution >= 0.6 is 0 Å². The number of hydrogen-bond donors (Lipinski definition) is 1. The van der Waals surface area contributed by atoms with Crippen molar-refractivity contribution >= 4 is 0 Å². The summed E-state index contributed by atoms with van der Waals surface area (Å²) >= 11 is 0. The normalized spacial score (nSPS) is 10.7. The molecule has 0 aromatic carbocycles. The van der Waals surface area contributed by atoms with Crippen molar-refractivity contribution in [2.24, 2.45) is 0 Å². The first-order valence-electron chi connectivity index (χ1n) is 5.93. The van der Waals surface area contributed by atoms with Crippen molar-refractivity contribution < 1.29 is 0 Å². The van der Waals surface area contributed by atoms with Gasteiger partial charge in [0, 0.05) is 25.4 Å². The van der Waals surface area contributed by atoms with Gasteiger partial charge in [-0.25, -0.2) is 4.98 Å². The largest absolute Gasteiger partial charge is 0.329 e. The molecule has 90 valence electrons. The smallest absolute Gasteiger partial charge is 0.108 e. The number of rotatable bonds is 5. The molecule has 4 heteroatoms. The lowest BCUT2D eigenvalue weighted by atomic mass is 10.3. The molecule has 0 unspecified atom stereocenters. The standard InChI is InChI=1S/C13H18N4/c1-3-13-15-7-8-17(13)10-12-6-4-5-11(16-12)9-14-2/h4-8,14H,3,9-10H2,1-2H3. The first kappa shape index (κ1) is 11.8. The Bertz CT molecular complexity index is 476. The van der Waals surface area contributed by atoms with Gasteiger partial charge >= 0.3 is 0 Å². The van der Waals surface area contributed by atoms with E-state index in [4.69, 9.17) is 0 Å². The lowest BCUT2D eigenvalue weighted by molar-refractivity contribution is 0.704. The van der Waals surface area contributed by atoms with Crippen molar-refractivity contribution in [3.05, 3.63) is 47.8 Å². The van der Waals surface area contributed by atoms with Crippen LogP contribution in [0.4, 0.5) is 0 Å². The fourth-order valence-corrected chi connectivity index (χ4v) is 1.87. The average molecular weight is 230 g/mol. The number of hydrogen-bond acceptors (Lipinski definition) is 3. The Morgan fingerprint density at radius 3 is 2.88 bits per heavy atom. The molecule has 0 fully saturated rings. The molecule has 2 aromatic heterocycles. The third-order valence-corrected chi connectivity index (χ3v) is 2.67. The van der Waals surface area contributed by atoms with Crippen molar-refractivity contribution in [3.8, 4) is 0 Å². The van der Waals surface area contributed by atoms with E-state index >= 15 is 0 Å². The van der Waals surface area contributed by atoms with E-state index in [0.29, 0.717) is 0 Å². The summed E-state index contributed by atoms with van der Waals surface area (Å²) in [5, 5.41) is 3.11. The van der Waals surface area contributed by atoms with Crippen LogP contribution in [-0.4, -0.2) is 21.6 Å². The van der Waals surface area contributed by atoms with E-state index in [1.165, 1.54) is 0 Å². The maximum absolute atomic E-state index is 4.60. The summed E-state index contributed by atoms with van der Waals surface area (Å²) in [5.41, 5.74) is 2.15. The highest BCUT2D eigenvalue weighted by Crippen LogP contribution is 2.05. The molecule has 0 saturated carbocycles. The maximum Gasteiger partial charge on any atom is 0.108 e. The summed E-state index contributed by atoms with van der Waals surface area (Å²) < 4.78 is 2.14. The van der Waals surface area contributed by atoms with Gasteiger partial charge in [-0.1, -0.05) is 13.0 Å². The molecule has 17 heavy (non-hydrogen) atoms. The molecule has 0 aliphatic heterocycles. The van der Waals surface area contributed by atoms with Gasteiger partial charge in [-0.3, -0.25) is 4.98 Å². The zero-order chi connectivity index (χ0) is 12.1. The van der Waals surface area contributed by atoms with Gasteiger partial charge in [0.2, 0.25) is 0 Å². The predicted molar refractivity (Wildman–Crippen MR) is 67.7 cm³/mol. The SMILES string of the molecule is CCc1nccn1Cc1cccc(CNC)n1. The fourth-order valence-electron chi connectivity index (χ4n) is 1.87. The van der Waals surface area contributed by atoms with Crippen molar-refractivity contribution in [3.63, 3.8) is 0 Å². The summed E-state index contributed by atoms with van der Waals surface area (Å²) in [7, 11) is 1.93. The van der Waals surface area contributed by atoms with Crippen molar-refractivity contribution in [1.82, 2.24) is 19.9 Å². The molecule has 0 spiro atoms. The molecule has 2 rings (SSSR count). The van der Waals surface area contributed by atoms with Crippen LogP contribution in [-0.2, 0) is 19.5 Å². The van der Waals surface area contributed by atoms with Gasteiger partial charge < -0.3 is 9.88 Å². The number of nitrogens with one attached hydrogen (secondary N) is 1. The molecule has 0 amide bonds. The van der Waals surface area contributed by atoms with Gasteiger partial charge in [-0.05, 0) is 19.2 Å². The minimum Gasteiger partial charge on any atom is -0.329 e.